The van der Waals surface area contributed by atoms with E-state index in [1.807, 2.05) is 0 Å². The number of carbonyl (C=O) groups excluding carboxylic acids is 1. The van der Waals surface area contributed by atoms with Gasteiger partial charge in [0.05, 0.1) is 6.07 Å². The van der Waals surface area contributed by atoms with Gasteiger partial charge in [-0.05, 0) is 12.8 Å². The molecule has 48 valence electrons. The SMILES string of the molecule is N#CCC(=O)NC1CC1. The minimum absolute atomic E-state index is 0.00347. The van der Waals surface area contributed by atoms with Crippen LogP contribution in [0.15, 0.2) is 0 Å². The van der Waals surface area contributed by atoms with Crippen LogP contribution in [0.4, 0.5) is 0 Å². The fourth-order valence-corrected chi connectivity index (χ4v) is 0.578. The van der Waals surface area contributed by atoms with Crippen molar-refractivity contribution in [3.63, 3.8) is 0 Å². The molecule has 1 N–H and O–H groups in total. The standard InChI is InChI=1S/C6H8N2O/c7-4-3-6(9)8-5-1-2-5/h5H,1-3H2,(H,8,9). The molecule has 9 heavy (non-hydrogen) atoms. The van der Waals surface area contributed by atoms with E-state index in [9.17, 15) is 4.79 Å². The Morgan fingerprint density at radius 2 is 2.44 bits per heavy atom. The first-order valence-corrected chi connectivity index (χ1v) is 2.99. The Morgan fingerprint density at radius 1 is 1.78 bits per heavy atom. The van der Waals surface area contributed by atoms with Crippen molar-refractivity contribution in [2.45, 2.75) is 25.3 Å². The smallest absolute Gasteiger partial charge is 0.234 e. The Labute approximate surface area is 53.7 Å². The molecule has 3 nitrogen and oxygen atoms in total. The van der Waals surface area contributed by atoms with Gasteiger partial charge in [0.2, 0.25) is 5.91 Å². The molecule has 0 unspecified atom stereocenters. The molecular weight excluding hydrogens is 116 g/mol. The van der Waals surface area contributed by atoms with Crippen LogP contribution in [-0.2, 0) is 4.79 Å². The van der Waals surface area contributed by atoms with Gasteiger partial charge in [-0.25, -0.2) is 0 Å². The van der Waals surface area contributed by atoms with E-state index in [-0.39, 0.29) is 12.3 Å². The predicted molar refractivity (Wildman–Crippen MR) is 31.4 cm³/mol. The number of carbonyl (C=O) groups is 1. The van der Waals surface area contributed by atoms with Crippen LogP contribution >= 0.6 is 0 Å². The zero-order chi connectivity index (χ0) is 6.69. The molecule has 3 heteroatoms. The summed E-state index contributed by atoms with van der Waals surface area (Å²) in [6.45, 7) is 0. The van der Waals surface area contributed by atoms with E-state index < -0.39 is 0 Å². The highest BCUT2D eigenvalue weighted by atomic mass is 16.1. The van der Waals surface area contributed by atoms with E-state index in [0.29, 0.717) is 6.04 Å². The summed E-state index contributed by atoms with van der Waals surface area (Å²) in [6.07, 6.45) is 2.16. The maximum atomic E-state index is 10.6. The van der Waals surface area contributed by atoms with Gasteiger partial charge < -0.3 is 5.32 Å². The van der Waals surface area contributed by atoms with Crippen molar-refractivity contribution < 1.29 is 4.79 Å². The van der Waals surface area contributed by atoms with E-state index in [1.165, 1.54) is 0 Å². The lowest BCUT2D eigenvalue weighted by Crippen LogP contribution is -2.24. The van der Waals surface area contributed by atoms with Crippen molar-refractivity contribution in [3.8, 4) is 6.07 Å². The monoisotopic (exact) mass is 124 g/mol. The summed E-state index contributed by atoms with van der Waals surface area (Å²) < 4.78 is 0. The minimum Gasteiger partial charge on any atom is -0.352 e. The van der Waals surface area contributed by atoms with Gasteiger partial charge in [0.15, 0.2) is 0 Å². The second-order valence-corrected chi connectivity index (χ2v) is 2.18. The Balaban J connectivity index is 2.11. The van der Waals surface area contributed by atoms with Gasteiger partial charge in [-0.2, -0.15) is 5.26 Å². The number of rotatable bonds is 2. The van der Waals surface area contributed by atoms with Crippen molar-refractivity contribution in [1.29, 1.82) is 5.26 Å². The predicted octanol–water partition coefficient (Wildman–Crippen LogP) is 0.179. The fourth-order valence-electron chi connectivity index (χ4n) is 0.578. The summed E-state index contributed by atoms with van der Waals surface area (Å²) in [6, 6.07) is 2.17. The lowest BCUT2D eigenvalue weighted by atomic mass is 10.4. The van der Waals surface area contributed by atoms with Crippen LogP contribution in [0.5, 0.6) is 0 Å². The number of hydrogen-bond donors (Lipinski definition) is 1. The molecule has 0 aromatic carbocycles. The highest BCUT2D eigenvalue weighted by Crippen LogP contribution is 2.18. The highest BCUT2D eigenvalue weighted by molar-refractivity contribution is 5.78. The van der Waals surface area contributed by atoms with E-state index in [2.05, 4.69) is 5.32 Å². The van der Waals surface area contributed by atoms with Crippen LogP contribution in [0.3, 0.4) is 0 Å². The number of nitrogens with one attached hydrogen (secondary N) is 1. The third kappa shape index (κ3) is 2.13. The summed E-state index contributed by atoms with van der Waals surface area (Å²) in [4.78, 5) is 10.6. The average Bonchev–Trinajstić information content (AvgIpc) is 2.50. The van der Waals surface area contributed by atoms with Gasteiger partial charge in [0.25, 0.3) is 0 Å². The molecule has 1 aliphatic rings. The van der Waals surface area contributed by atoms with Gasteiger partial charge in [-0.3, -0.25) is 4.79 Å². The van der Waals surface area contributed by atoms with Crippen molar-refractivity contribution >= 4 is 5.91 Å². The van der Waals surface area contributed by atoms with Crippen LogP contribution < -0.4 is 5.32 Å². The first-order valence-electron chi connectivity index (χ1n) is 2.99. The zero-order valence-corrected chi connectivity index (χ0v) is 5.05. The Kier molecular flexibility index (Phi) is 1.69. The molecule has 1 amide bonds. The molecule has 0 radical (unpaired) electrons. The van der Waals surface area contributed by atoms with Crippen LogP contribution in [-0.4, -0.2) is 11.9 Å². The maximum Gasteiger partial charge on any atom is 0.234 e. The van der Waals surface area contributed by atoms with Crippen molar-refractivity contribution in [3.05, 3.63) is 0 Å². The first-order chi connectivity index (χ1) is 4.33. The molecule has 0 aromatic rings. The average molecular weight is 124 g/mol. The zero-order valence-electron chi connectivity index (χ0n) is 5.05. The normalized spacial score (nSPS) is 16.3. The van der Waals surface area contributed by atoms with Crippen LogP contribution in [0, 0.1) is 11.3 Å². The number of nitriles is 1. The third-order valence-corrected chi connectivity index (χ3v) is 1.18. The number of hydrogen-bond acceptors (Lipinski definition) is 2. The van der Waals surface area contributed by atoms with Gasteiger partial charge in [0, 0.05) is 6.04 Å². The molecule has 0 atom stereocenters. The second kappa shape index (κ2) is 2.49. The van der Waals surface area contributed by atoms with Gasteiger partial charge in [-0.1, -0.05) is 0 Å². The molecule has 0 aromatic heterocycles. The summed E-state index contributed by atoms with van der Waals surface area (Å²) >= 11 is 0. The van der Waals surface area contributed by atoms with Gasteiger partial charge in [-0.15, -0.1) is 0 Å². The van der Waals surface area contributed by atoms with Crippen molar-refractivity contribution in [1.82, 2.24) is 5.32 Å². The summed E-state index contributed by atoms with van der Waals surface area (Å²) in [7, 11) is 0. The summed E-state index contributed by atoms with van der Waals surface area (Å²) in [5.74, 6) is -0.139. The minimum atomic E-state index is -0.139. The number of amides is 1. The van der Waals surface area contributed by atoms with Gasteiger partial charge in [0.1, 0.15) is 6.42 Å². The van der Waals surface area contributed by atoms with E-state index in [4.69, 9.17) is 5.26 Å². The molecule has 0 heterocycles. The molecule has 0 bridgehead atoms. The van der Waals surface area contributed by atoms with Gasteiger partial charge >= 0.3 is 0 Å². The second-order valence-electron chi connectivity index (χ2n) is 2.18. The molecule has 0 spiro atoms. The summed E-state index contributed by atoms with van der Waals surface area (Å²) in [5, 5.41) is 10.8. The quantitative estimate of drug-likeness (QED) is 0.570. The molecule has 1 fully saturated rings. The molecule has 0 aliphatic heterocycles. The highest BCUT2D eigenvalue weighted by Gasteiger charge is 2.22. The fraction of sp³-hybridized carbons (Fsp3) is 0.667. The van der Waals surface area contributed by atoms with E-state index in [0.717, 1.165) is 12.8 Å². The van der Waals surface area contributed by atoms with E-state index in [1.54, 1.807) is 6.07 Å². The topological polar surface area (TPSA) is 52.9 Å². The van der Waals surface area contributed by atoms with Crippen molar-refractivity contribution in [2.75, 3.05) is 0 Å². The van der Waals surface area contributed by atoms with E-state index >= 15 is 0 Å². The maximum absolute atomic E-state index is 10.6. The Morgan fingerprint density at radius 3 is 2.89 bits per heavy atom. The summed E-state index contributed by atoms with van der Waals surface area (Å²) in [5.41, 5.74) is 0. The van der Waals surface area contributed by atoms with Crippen LogP contribution in [0.1, 0.15) is 19.3 Å². The molecule has 0 saturated heterocycles. The first kappa shape index (κ1) is 6.09. The lowest BCUT2D eigenvalue weighted by Gasteiger charge is -1.95. The molecule has 1 rings (SSSR count). The number of nitrogens with zero attached hydrogens (tertiary/aromatic N) is 1. The molecule has 1 saturated carbocycles. The molecule has 1 aliphatic carbocycles. The van der Waals surface area contributed by atoms with Crippen molar-refractivity contribution in [2.24, 2.45) is 0 Å². The lowest BCUT2D eigenvalue weighted by molar-refractivity contribution is -0.120. The van der Waals surface area contributed by atoms with Crippen LogP contribution in [0.25, 0.3) is 0 Å². The largest absolute Gasteiger partial charge is 0.352 e. The molecular formula is C6H8N2O. The third-order valence-electron chi connectivity index (χ3n) is 1.18. The van der Waals surface area contributed by atoms with Crippen LogP contribution in [0.2, 0.25) is 0 Å². The Hall–Kier alpha value is -1.04. The Bertz CT molecular complexity index is 155.